The second-order valence-electron chi connectivity index (χ2n) is 6.07. The van der Waals surface area contributed by atoms with Crippen LogP contribution in [0.2, 0.25) is 5.02 Å². The molecule has 3 heterocycles. The topological polar surface area (TPSA) is 70.8 Å². The summed E-state index contributed by atoms with van der Waals surface area (Å²) < 4.78 is 1.33. The maximum atomic E-state index is 12.6. The number of hydrogen-bond donors (Lipinski definition) is 0. The molecule has 9 heteroatoms. The van der Waals surface area contributed by atoms with E-state index in [2.05, 4.69) is 15.0 Å². The first-order valence-electron chi connectivity index (χ1n) is 8.19. The summed E-state index contributed by atoms with van der Waals surface area (Å²) in [6.45, 7) is 4.22. The Morgan fingerprint density at radius 1 is 1.19 bits per heavy atom. The van der Waals surface area contributed by atoms with Gasteiger partial charge in [0, 0.05) is 37.9 Å². The number of halogens is 1. The Morgan fingerprint density at radius 3 is 2.65 bits per heavy atom. The van der Waals surface area contributed by atoms with Gasteiger partial charge in [-0.15, -0.1) is 5.10 Å². The molecule has 4 rings (SSSR count). The zero-order valence-electron chi connectivity index (χ0n) is 14.1. The van der Waals surface area contributed by atoms with Crippen LogP contribution in [0.5, 0.6) is 0 Å². The van der Waals surface area contributed by atoms with Gasteiger partial charge in [-0.25, -0.2) is 4.98 Å². The summed E-state index contributed by atoms with van der Waals surface area (Å²) in [5, 5.41) is 5.59. The molecule has 134 valence electrons. The lowest BCUT2D eigenvalue weighted by atomic mass is 10.2. The van der Waals surface area contributed by atoms with Crippen molar-refractivity contribution in [2.45, 2.75) is 6.92 Å². The fourth-order valence-corrected chi connectivity index (χ4v) is 4.16. The van der Waals surface area contributed by atoms with Crippen molar-refractivity contribution in [3.05, 3.63) is 57.0 Å². The summed E-state index contributed by atoms with van der Waals surface area (Å²) in [7, 11) is 0. The Hall–Kier alpha value is -2.45. The second kappa shape index (κ2) is 6.69. The van der Waals surface area contributed by atoms with Gasteiger partial charge in [0.05, 0.1) is 10.6 Å². The van der Waals surface area contributed by atoms with E-state index in [9.17, 15) is 9.59 Å². The Bertz CT molecular complexity index is 1040. The van der Waals surface area contributed by atoms with Crippen molar-refractivity contribution >= 4 is 38.9 Å². The largest absolute Gasteiger partial charge is 0.343 e. The molecule has 0 radical (unpaired) electrons. The molecule has 0 aliphatic carbocycles. The molecule has 1 aliphatic heterocycles. The van der Waals surface area contributed by atoms with Crippen molar-refractivity contribution in [1.82, 2.24) is 19.5 Å². The summed E-state index contributed by atoms with van der Waals surface area (Å²) in [6.07, 6.45) is 0. The van der Waals surface area contributed by atoms with Gasteiger partial charge >= 0.3 is 0 Å². The van der Waals surface area contributed by atoms with Crippen molar-refractivity contribution in [3.8, 4) is 0 Å². The summed E-state index contributed by atoms with van der Waals surface area (Å²) in [5.41, 5.74) is 1.02. The number of hydrogen-bond acceptors (Lipinski definition) is 6. The molecule has 3 aromatic rings. The van der Waals surface area contributed by atoms with Gasteiger partial charge in [0.25, 0.3) is 11.5 Å². The number of amides is 1. The molecule has 7 nitrogen and oxygen atoms in total. The summed E-state index contributed by atoms with van der Waals surface area (Å²) >= 11 is 7.51. The smallest absolute Gasteiger partial charge is 0.275 e. The number of carbonyl (C=O) groups is 1. The number of nitrogens with zero attached hydrogens (tertiary/aromatic N) is 5. The number of carbonyl (C=O) groups excluding carboxylic acids is 1. The van der Waals surface area contributed by atoms with E-state index in [1.54, 1.807) is 24.0 Å². The third kappa shape index (κ3) is 3.06. The number of anilines is 1. The Labute approximate surface area is 158 Å². The van der Waals surface area contributed by atoms with Gasteiger partial charge in [-0.3, -0.25) is 9.59 Å². The third-order valence-electron chi connectivity index (χ3n) is 4.30. The summed E-state index contributed by atoms with van der Waals surface area (Å²) in [6, 6.07) is 8.55. The molecule has 1 fully saturated rings. The average Bonchev–Trinajstić information content (AvgIpc) is 3.06. The predicted octanol–water partition coefficient (Wildman–Crippen LogP) is 2.08. The lowest BCUT2D eigenvalue weighted by Gasteiger charge is -2.34. The minimum Gasteiger partial charge on any atom is -0.343 e. The number of benzene rings is 1. The third-order valence-corrected chi connectivity index (χ3v) is 5.60. The van der Waals surface area contributed by atoms with Gasteiger partial charge in [-0.05, 0) is 19.1 Å². The van der Waals surface area contributed by atoms with Crippen molar-refractivity contribution in [2.24, 2.45) is 0 Å². The SMILES string of the molecule is Cc1cc(=O)n2nc(N3CCN(C(=O)c4ccccc4Cl)CC3)sc2n1. The molecule has 0 spiro atoms. The van der Waals surface area contributed by atoms with E-state index < -0.39 is 0 Å². The molecule has 26 heavy (non-hydrogen) atoms. The highest BCUT2D eigenvalue weighted by Crippen LogP contribution is 2.24. The molecule has 1 saturated heterocycles. The Morgan fingerprint density at radius 2 is 1.92 bits per heavy atom. The first-order valence-corrected chi connectivity index (χ1v) is 9.38. The molecule has 2 aromatic heterocycles. The number of fused-ring (bicyclic) bond motifs is 1. The highest BCUT2D eigenvalue weighted by Gasteiger charge is 2.25. The monoisotopic (exact) mass is 389 g/mol. The van der Waals surface area contributed by atoms with Crippen molar-refractivity contribution in [3.63, 3.8) is 0 Å². The van der Waals surface area contributed by atoms with Gasteiger partial charge in [0.1, 0.15) is 0 Å². The van der Waals surface area contributed by atoms with Crippen molar-refractivity contribution in [1.29, 1.82) is 0 Å². The van der Waals surface area contributed by atoms with E-state index in [0.29, 0.717) is 47.4 Å². The summed E-state index contributed by atoms with van der Waals surface area (Å²) in [4.78, 5) is 33.5. The fourth-order valence-electron chi connectivity index (χ4n) is 2.94. The van der Waals surface area contributed by atoms with E-state index in [0.717, 1.165) is 5.13 Å². The van der Waals surface area contributed by atoms with Crippen LogP contribution >= 0.6 is 22.9 Å². The Kier molecular flexibility index (Phi) is 4.37. The maximum absolute atomic E-state index is 12.6. The number of aromatic nitrogens is 3. The van der Waals surface area contributed by atoms with Crippen LogP contribution in [-0.2, 0) is 0 Å². The van der Waals surface area contributed by atoms with Gasteiger partial charge in [0.15, 0.2) is 0 Å². The van der Waals surface area contributed by atoms with Crippen LogP contribution in [0.15, 0.2) is 35.1 Å². The predicted molar refractivity (Wildman–Crippen MR) is 101 cm³/mol. The minimum atomic E-state index is -0.178. The minimum absolute atomic E-state index is 0.0620. The van der Waals surface area contributed by atoms with Crippen LogP contribution in [0.4, 0.5) is 5.13 Å². The highest BCUT2D eigenvalue weighted by atomic mass is 35.5. The van der Waals surface area contributed by atoms with E-state index in [1.165, 1.54) is 21.9 Å². The van der Waals surface area contributed by atoms with E-state index in [4.69, 9.17) is 11.6 Å². The summed E-state index contributed by atoms with van der Waals surface area (Å²) in [5.74, 6) is -0.0620. The van der Waals surface area contributed by atoms with Crippen molar-refractivity contribution < 1.29 is 4.79 Å². The number of aryl methyl sites for hydroxylation is 1. The van der Waals surface area contributed by atoms with Crippen LogP contribution in [0.3, 0.4) is 0 Å². The quantitative estimate of drug-likeness (QED) is 0.671. The first-order chi connectivity index (χ1) is 12.5. The molecule has 1 amide bonds. The molecule has 0 saturated carbocycles. The van der Waals surface area contributed by atoms with Crippen LogP contribution in [0.1, 0.15) is 16.1 Å². The first kappa shape index (κ1) is 17.0. The van der Waals surface area contributed by atoms with E-state index >= 15 is 0 Å². The average molecular weight is 390 g/mol. The van der Waals surface area contributed by atoms with Gasteiger partial charge in [-0.2, -0.15) is 4.52 Å². The van der Waals surface area contributed by atoms with Crippen LogP contribution in [-0.4, -0.2) is 51.6 Å². The highest BCUT2D eigenvalue weighted by molar-refractivity contribution is 7.20. The van der Waals surface area contributed by atoms with E-state index in [1.807, 2.05) is 12.1 Å². The van der Waals surface area contributed by atoms with Gasteiger partial charge < -0.3 is 9.80 Å². The fraction of sp³-hybridized carbons (Fsp3) is 0.294. The molecule has 0 atom stereocenters. The number of piperazine rings is 1. The van der Waals surface area contributed by atoms with Gasteiger partial charge in [0.2, 0.25) is 10.1 Å². The number of rotatable bonds is 2. The standard InChI is InChI=1S/C17H16ClN5O2S/c1-11-10-14(24)23-16(19-11)26-17(20-23)22-8-6-21(7-9-22)15(25)12-4-2-3-5-13(12)18/h2-5,10H,6-9H2,1H3. The molecule has 1 aliphatic rings. The zero-order chi connectivity index (χ0) is 18.3. The molecule has 1 aromatic carbocycles. The molecule has 0 N–H and O–H groups in total. The lowest BCUT2D eigenvalue weighted by molar-refractivity contribution is 0.0747. The van der Waals surface area contributed by atoms with Gasteiger partial charge in [-0.1, -0.05) is 35.1 Å². The van der Waals surface area contributed by atoms with E-state index in [-0.39, 0.29) is 11.5 Å². The molecule has 0 unspecified atom stereocenters. The second-order valence-corrected chi connectivity index (χ2v) is 7.42. The zero-order valence-corrected chi connectivity index (χ0v) is 15.6. The lowest BCUT2D eigenvalue weighted by Crippen LogP contribution is -2.48. The van der Waals surface area contributed by atoms with Crippen LogP contribution < -0.4 is 10.5 Å². The maximum Gasteiger partial charge on any atom is 0.275 e. The molecule has 0 bridgehead atoms. The van der Waals surface area contributed by atoms with Crippen LogP contribution in [0.25, 0.3) is 4.96 Å². The normalized spacial score (nSPS) is 14.8. The molecular formula is C17H16ClN5O2S. The molecular weight excluding hydrogens is 374 g/mol. The Balaban J connectivity index is 1.50. The van der Waals surface area contributed by atoms with Crippen molar-refractivity contribution in [2.75, 3.05) is 31.1 Å². The van der Waals surface area contributed by atoms with Crippen LogP contribution in [0, 0.1) is 6.92 Å².